The minimum absolute atomic E-state index is 0.131. The summed E-state index contributed by atoms with van der Waals surface area (Å²) in [5, 5.41) is 1.79. The molecule has 0 radical (unpaired) electrons. The molecule has 0 spiro atoms. The first kappa shape index (κ1) is 6.36. The normalized spacial score (nSPS) is 10.5. The summed E-state index contributed by atoms with van der Waals surface area (Å²) < 4.78 is 1.46. The van der Waals surface area contributed by atoms with Gasteiger partial charge in [0.05, 0.1) is 0 Å². The predicted molar refractivity (Wildman–Crippen MR) is 43.8 cm³/mol. The van der Waals surface area contributed by atoms with Crippen LogP contribution in [0.2, 0.25) is 0 Å². The van der Waals surface area contributed by atoms with Gasteiger partial charge in [-0.15, -0.1) is 11.3 Å². The lowest BCUT2D eigenvalue weighted by molar-refractivity contribution is 1.08. The third kappa shape index (κ3) is 0.894. The number of nitrogen functional groups attached to an aromatic ring is 1. The van der Waals surface area contributed by atoms with Crippen LogP contribution in [0.5, 0.6) is 0 Å². The Bertz CT molecular complexity index is 444. The van der Waals surface area contributed by atoms with Crippen molar-refractivity contribution in [3.63, 3.8) is 0 Å². The van der Waals surface area contributed by atoms with Gasteiger partial charge in [0.15, 0.2) is 4.96 Å². The maximum absolute atomic E-state index is 11.1. The number of anilines is 1. The number of aromatic nitrogens is 2. The molecule has 56 valence electrons. The lowest BCUT2D eigenvalue weighted by atomic mass is 10.6. The van der Waals surface area contributed by atoms with Crippen LogP contribution in [-0.2, 0) is 0 Å². The zero-order valence-electron chi connectivity index (χ0n) is 5.52. The second-order valence-corrected chi connectivity index (χ2v) is 2.95. The van der Waals surface area contributed by atoms with E-state index in [0.717, 1.165) is 0 Å². The van der Waals surface area contributed by atoms with E-state index in [-0.39, 0.29) is 11.4 Å². The number of nitrogens with two attached hydrogens (primary N) is 1. The van der Waals surface area contributed by atoms with Crippen LogP contribution in [0.1, 0.15) is 0 Å². The highest BCUT2D eigenvalue weighted by Crippen LogP contribution is 2.06. The van der Waals surface area contributed by atoms with Crippen molar-refractivity contribution >= 4 is 22.1 Å². The summed E-state index contributed by atoms with van der Waals surface area (Å²) in [4.78, 5) is 15.7. The number of hydrogen-bond donors (Lipinski definition) is 1. The van der Waals surface area contributed by atoms with Crippen molar-refractivity contribution < 1.29 is 0 Å². The van der Waals surface area contributed by atoms with Crippen molar-refractivity contribution in [2.45, 2.75) is 0 Å². The highest BCUT2D eigenvalue weighted by molar-refractivity contribution is 7.15. The number of fused-ring (bicyclic) bond motifs is 1. The fourth-order valence-corrected chi connectivity index (χ4v) is 1.59. The lowest BCUT2D eigenvalue weighted by Gasteiger charge is -1.91. The Morgan fingerprint density at radius 1 is 1.64 bits per heavy atom. The number of thiazole rings is 1. The first-order valence-corrected chi connectivity index (χ1v) is 3.88. The molecule has 0 saturated carbocycles. The third-order valence-electron chi connectivity index (χ3n) is 1.32. The summed E-state index contributed by atoms with van der Waals surface area (Å²) in [5.74, 6) is 0.275. The molecule has 0 aliphatic heterocycles. The van der Waals surface area contributed by atoms with Gasteiger partial charge in [-0.25, -0.2) is 4.98 Å². The monoisotopic (exact) mass is 167 g/mol. The topological polar surface area (TPSA) is 60.4 Å². The van der Waals surface area contributed by atoms with Gasteiger partial charge in [0.2, 0.25) is 0 Å². The molecule has 2 heterocycles. The van der Waals surface area contributed by atoms with Gasteiger partial charge >= 0.3 is 0 Å². The molecule has 2 aromatic heterocycles. The Kier molecular flexibility index (Phi) is 1.19. The van der Waals surface area contributed by atoms with Gasteiger partial charge < -0.3 is 5.73 Å². The average molecular weight is 167 g/mol. The summed E-state index contributed by atoms with van der Waals surface area (Å²) in [7, 11) is 0. The lowest BCUT2D eigenvalue weighted by Crippen LogP contribution is -2.12. The Labute approximate surface area is 65.9 Å². The molecule has 2 N–H and O–H groups in total. The van der Waals surface area contributed by atoms with E-state index >= 15 is 0 Å². The van der Waals surface area contributed by atoms with Gasteiger partial charge in [-0.2, -0.15) is 0 Å². The quantitative estimate of drug-likeness (QED) is 0.615. The van der Waals surface area contributed by atoms with Gasteiger partial charge in [-0.3, -0.25) is 9.20 Å². The molecule has 0 unspecified atom stereocenters. The van der Waals surface area contributed by atoms with Crippen molar-refractivity contribution in [3.05, 3.63) is 28.0 Å². The van der Waals surface area contributed by atoms with Crippen LogP contribution in [0.15, 0.2) is 22.4 Å². The molecule has 4 nitrogen and oxygen atoms in total. The van der Waals surface area contributed by atoms with E-state index in [9.17, 15) is 4.79 Å². The van der Waals surface area contributed by atoms with E-state index in [2.05, 4.69) is 4.98 Å². The summed E-state index contributed by atoms with van der Waals surface area (Å²) in [6, 6.07) is 1.31. The van der Waals surface area contributed by atoms with Crippen LogP contribution in [0.3, 0.4) is 0 Å². The van der Waals surface area contributed by atoms with Crippen molar-refractivity contribution in [1.82, 2.24) is 9.38 Å². The number of hydrogen-bond acceptors (Lipinski definition) is 4. The SMILES string of the molecule is Nc1cc(=O)n2ccsc2n1. The minimum Gasteiger partial charge on any atom is -0.383 e. The third-order valence-corrected chi connectivity index (χ3v) is 2.08. The molecule has 5 heteroatoms. The maximum atomic E-state index is 11.1. The van der Waals surface area contributed by atoms with E-state index in [0.29, 0.717) is 4.96 Å². The fraction of sp³-hybridized carbons (Fsp3) is 0. The first-order chi connectivity index (χ1) is 5.27. The zero-order valence-corrected chi connectivity index (χ0v) is 6.34. The minimum atomic E-state index is -0.131. The highest BCUT2D eigenvalue weighted by Gasteiger charge is 1.98. The molecule has 0 saturated heterocycles. The second-order valence-electron chi connectivity index (χ2n) is 2.07. The summed E-state index contributed by atoms with van der Waals surface area (Å²) in [6.45, 7) is 0. The van der Waals surface area contributed by atoms with Gasteiger partial charge in [0.25, 0.3) is 5.56 Å². The Morgan fingerprint density at radius 2 is 2.45 bits per heavy atom. The average Bonchev–Trinajstić information content (AvgIpc) is 2.34. The second kappa shape index (κ2) is 2.06. The van der Waals surface area contributed by atoms with E-state index in [1.165, 1.54) is 21.8 Å². The van der Waals surface area contributed by atoms with Crippen LogP contribution in [0, 0.1) is 0 Å². The molecule has 0 atom stereocenters. The van der Waals surface area contributed by atoms with Crippen LogP contribution in [0.25, 0.3) is 4.96 Å². The molecule has 11 heavy (non-hydrogen) atoms. The molecule has 2 aromatic rings. The van der Waals surface area contributed by atoms with Crippen LogP contribution < -0.4 is 11.3 Å². The van der Waals surface area contributed by atoms with Gasteiger partial charge in [0, 0.05) is 17.6 Å². The Hall–Kier alpha value is -1.36. The van der Waals surface area contributed by atoms with Crippen LogP contribution in [0.4, 0.5) is 5.82 Å². The molecule has 2 rings (SSSR count). The smallest absolute Gasteiger partial charge is 0.260 e. The Balaban J connectivity index is 3.02. The van der Waals surface area contributed by atoms with E-state index in [4.69, 9.17) is 5.73 Å². The molecule has 0 amide bonds. The van der Waals surface area contributed by atoms with Gasteiger partial charge in [-0.1, -0.05) is 0 Å². The highest BCUT2D eigenvalue weighted by atomic mass is 32.1. The largest absolute Gasteiger partial charge is 0.383 e. The van der Waals surface area contributed by atoms with E-state index in [1.807, 2.05) is 0 Å². The molecular formula is C6H5N3OS. The molecular weight excluding hydrogens is 162 g/mol. The van der Waals surface area contributed by atoms with Gasteiger partial charge in [0.1, 0.15) is 5.82 Å². The van der Waals surface area contributed by atoms with Crippen molar-refractivity contribution in [1.29, 1.82) is 0 Å². The predicted octanol–water partition coefficient (Wildman–Crippen LogP) is 0.338. The zero-order chi connectivity index (χ0) is 7.84. The van der Waals surface area contributed by atoms with Crippen LogP contribution in [-0.4, -0.2) is 9.38 Å². The molecule has 0 aromatic carbocycles. The molecule has 0 bridgehead atoms. The van der Waals surface area contributed by atoms with E-state index in [1.54, 1.807) is 11.6 Å². The summed E-state index contributed by atoms with van der Waals surface area (Å²) in [6.07, 6.45) is 1.68. The van der Waals surface area contributed by atoms with Crippen molar-refractivity contribution in [3.8, 4) is 0 Å². The summed E-state index contributed by atoms with van der Waals surface area (Å²) in [5.41, 5.74) is 5.24. The maximum Gasteiger partial charge on any atom is 0.260 e. The Morgan fingerprint density at radius 3 is 3.27 bits per heavy atom. The standard InChI is InChI=1S/C6H5N3OS/c7-4-3-5(10)9-1-2-11-6(9)8-4/h1-3H,7H2. The first-order valence-electron chi connectivity index (χ1n) is 3.00. The fourth-order valence-electron chi connectivity index (χ4n) is 0.859. The van der Waals surface area contributed by atoms with Crippen molar-refractivity contribution in [2.24, 2.45) is 0 Å². The molecule has 0 fully saturated rings. The number of nitrogens with zero attached hydrogens (tertiary/aromatic N) is 2. The number of rotatable bonds is 0. The van der Waals surface area contributed by atoms with Crippen molar-refractivity contribution in [2.75, 3.05) is 5.73 Å². The molecule has 0 aliphatic carbocycles. The van der Waals surface area contributed by atoms with Gasteiger partial charge in [-0.05, 0) is 0 Å². The molecule has 0 aliphatic rings. The summed E-state index contributed by atoms with van der Waals surface area (Å²) >= 11 is 1.39. The van der Waals surface area contributed by atoms with E-state index < -0.39 is 0 Å². The van der Waals surface area contributed by atoms with Crippen LogP contribution >= 0.6 is 11.3 Å².